The predicted octanol–water partition coefficient (Wildman–Crippen LogP) is 1.87. The van der Waals surface area contributed by atoms with E-state index < -0.39 is 17.7 Å². The number of fused-ring (bicyclic) bond motifs is 1. The van der Waals surface area contributed by atoms with Gasteiger partial charge in [-0.15, -0.1) is 0 Å². The molecule has 0 atom stereocenters. The van der Waals surface area contributed by atoms with Gasteiger partial charge >= 0.3 is 0 Å². The SMILES string of the molecule is O=C(CN1C(=O)c2ccccc2C1=O)NCCC(=O)NC12CC3CC(CC(C3)C1)C2. The average molecular weight is 409 g/mol. The van der Waals surface area contributed by atoms with Crippen molar-refractivity contribution < 1.29 is 19.2 Å². The Morgan fingerprint density at radius 2 is 1.43 bits per heavy atom. The lowest BCUT2D eigenvalue weighted by molar-refractivity contribution is -0.127. The van der Waals surface area contributed by atoms with Gasteiger partial charge in [-0.25, -0.2) is 0 Å². The van der Waals surface area contributed by atoms with E-state index in [1.807, 2.05) is 0 Å². The van der Waals surface area contributed by atoms with E-state index >= 15 is 0 Å². The maximum absolute atomic E-state index is 12.5. The number of benzene rings is 1. The largest absolute Gasteiger partial charge is 0.354 e. The van der Waals surface area contributed by atoms with E-state index in [1.54, 1.807) is 24.3 Å². The highest BCUT2D eigenvalue weighted by Gasteiger charge is 2.51. The van der Waals surface area contributed by atoms with Crippen molar-refractivity contribution in [2.75, 3.05) is 13.1 Å². The molecule has 4 fully saturated rings. The van der Waals surface area contributed by atoms with Crippen molar-refractivity contribution in [2.24, 2.45) is 17.8 Å². The molecule has 1 aromatic carbocycles. The molecule has 6 rings (SSSR count). The Bertz CT molecular complexity index is 854. The minimum Gasteiger partial charge on any atom is -0.354 e. The van der Waals surface area contributed by atoms with E-state index in [0.717, 1.165) is 41.9 Å². The first-order chi connectivity index (χ1) is 14.4. The highest BCUT2D eigenvalue weighted by molar-refractivity contribution is 6.22. The number of nitrogens with one attached hydrogen (secondary N) is 2. The first kappa shape index (κ1) is 19.3. The molecule has 1 aliphatic heterocycles. The summed E-state index contributed by atoms with van der Waals surface area (Å²) in [5.41, 5.74) is 0.617. The molecule has 0 saturated heterocycles. The monoisotopic (exact) mass is 409 g/mol. The zero-order valence-corrected chi connectivity index (χ0v) is 17.0. The summed E-state index contributed by atoms with van der Waals surface area (Å²) >= 11 is 0. The molecule has 0 aromatic heterocycles. The predicted molar refractivity (Wildman–Crippen MR) is 108 cm³/mol. The fourth-order valence-electron chi connectivity index (χ4n) is 6.52. The van der Waals surface area contributed by atoms with Crippen molar-refractivity contribution in [1.82, 2.24) is 15.5 Å². The van der Waals surface area contributed by atoms with Crippen LogP contribution in [0.4, 0.5) is 0 Å². The molecule has 0 unspecified atom stereocenters. The minimum absolute atomic E-state index is 0.0296. The van der Waals surface area contributed by atoms with Gasteiger partial charge in [-0.3, -0.25) is 24.1 Å². The lowest BCUT2D eigenvalue weighted by atomic mass is 9.53. The van der Waals surface area contributed by atoms with Gasteiger partial charge in [0.15, 0.2) is 0 Å². The van der Waals surface area contributed by atoms with Crippen LogP contribution in [0.5, 0.6) is 0 Å². The van der Waals surface area contributed by atoms with E-state index in [0.29, 0.717) is 11.1 Å². The van der Waals surface area contributed by atoms with Crippen LogP contribution in [0, 0.1) is 17.8 Å². The molecule has 4 amide bonds. The van der Waals surface area contributed by atoms with Gasteiger partial charge in [0.05, 0.1) is 11.1 Å². The summed E-state index contributed by atoms with van der Waals surface area (Å²) in [6.45, 7) is -0.136. The second-order valence-electron chi connectivity index (χ2n) is 9.59. The van der Waals surface area contributed by atoms with Gasteiger partial charge in [0, 0.05) is 18.5 Å². The molecule has 1 aromatic rings. The van der Waals surface area contributed by atoms with E-state index in [9.17, 15) is 19.2 Å². The van der Waals surface area contributed by atoms with Crippen molar-refractivity contribution >= 4 is 23.6 Å². The summed E-state index contributed by atoms with van der Waals surface area (Å²) in [6, 6.07) is 6.55. The third kappa shape index (κ3) is 3.40. The number of imide groups is 1. The molecule has 7 heteroatoms. The van der Waals surface area contributed by atoms with Crippen LogP contribution in [0.2, 0.25) is 0 Å². The third-order valence-electron chi connectivity index (χ3n) is 7.30. The van der Waals surface area contributed by atoms with Crippen molar-refractivity contribution in [3.63, 3.8) is 0 Å². The number of hydrogen-bond acceptors (Lipinski definition) is 4. The van der Waals surface area contributed by atoms with Crippen LogP contribution >= 0.6 is 0 Å². The van der Waals surface area contributed by atoms with Crippen LogP contribution in [0.3, 0.4) is 0 Å². The molecule has 158 valence electrons. The Morgan fingerprint density at radius 3 is 1.97 bits per heavy atom. The standard InChI is InChI=1S/C23H27N3O4/c27-19(25-23-10-14-7-15(11-23)9-16(8-14)12-23)5-6-24-20(28)13-26-21(29)17-3-1-2-4-18(17)22(26)30/h1-4,14-16H,5-13H2,(H,24,28)(H,25,27). The van der Waals surface area contributed by atoms with Crippen LogP contribution in [-0.2, 0) is 9.59 Å². The van der Waals surface area contributed by atoms with Gasteiger partial charge in [-0.2, -0.15) is 0 Å². The molecule has 30 heavy (non-hydrogen) atoms. The van der Waals surface area contributed by atoms with Gasteiger partial charge in [-0.05, 0) is 68.4 Å². The second-order valence-corrected chi connectivity index (χ2v) is 9.59. The smallest absolute Gasteiger partial charge is 0.262 e. The maximum Gasteiger partial charge on any atom is 0.262 e. The Balaban J connectivity index is 1.09. The normalized spacial score (nSPS) is 31.1. The summed E-state index contributed by atoms with van der Waals surface area (Å²) in [5, 5.41) is 5.96. The van der Waals surface area contributed by atoms with E-state index in [-0.39, 0.29) is 31.0 Å². The number of rotatable bonds is 6. The molecule has 4 saturated carbocycles. The summed E-state index contributed by atoms with van der Waals surface area (Å²) < 4.78 is 0. The Hall–Kier alpha value is -2.70. The summed E-state index contributed by atoms with van der Waals surface area (Å²) in [7, 11) is 0. The van der Waals surface area contributed by atoms with Crippen molar-refractivity contribution in [3.05, 3.63) is 35.4 Å². The molecule has 2 N–H and O–H groups in total. The minimum atomic E-state index is -0.453. The summed E-state index contributed by atoms with van der Waals surface area (Å²) in [4.78, 5) is 50.4. The van der Waals surface area contributed by atoms with Crippen LogP contribution in [0.1, 0.15) is 65.7 Å². The zero-order chi connectivity index (χ0) is 20.9. The van der Waals surface area contributed by atoms with Crippen LogP contribution < -0.4 is 10.6 Å². The van der Waals surface area contributed by atoms with Gasteiger partial charge in [0.2, 0.25) is 11.8 Å². The van der Waals surface area contributed by atoms with Crippen LogP contribution in [0.25, 0.3) is 0 Å². The second kappa shape index (κ2) is 7.22. The fourth-order valence-corrected chi connectivity index (χ4v) is 6.52. The van der Waals surface area contributed by atoms with Gasteiger partial charge in [0.25, 0.3) is 11.8 Å². The zero-order valence-electron chi connectivity index (χ0n) is 17.0. The van der Waals surface area contributed by atoms with Crippen LogP contribution in [-0.4, -0.2) is 47.2 Å². The molecular formula is C23H27N3O4. The van der Waals surface area contributed by atoms with Crippen molar-refractivity contribution in [1.29, 1.82) is 0 Å². The van der Waals surface area contributed by atoms with E-state index in [4.69, 9.17) is 0 Å². The third-order valence-corrected chi connectivity index (χ3v) is 7.30. The van der Waals surface area contributed by atoms with Gasteiger partial charge < -0.3 is 10.6 Å². The van der Waals surface area contributed by atoms with E-state index in [2.05, 4.69) is 10.6 Å². The Labute approximate surface area is 175 Å². The molecule has 0 radical (unpaired) electrons. The number of amides is 4. The average Bonchev–Trinajstić information content (AvgIpc) is 2.92. The van der Waals surface area contributed by atoms with Gasteiger partial charge in [0.1, 0.15) is 6.54 Å². The lowest BCUT2D eigenvalue weighted by Crippen LogP contribution is -2.60. The van der Waals surface area contributed by atoms with E-state index in [1.165, 1.54) is 19.3 Å². The fraction of sp³-hybridized carbons (Fsp3) is 0.565. The lowest BCUT2D eigenvalue weighted by Gasteiger charge is -2.56. The molecular weight excluding hydrogens is 382 g/mol. The maximum atomic E-state index is 12.5. The Morgan fingerprint density at radius 1 is 0.900 bits per heavy atom. The Kier molecular flexibility index (Phi) is 4.64. The highest BCUT2D eigenvalue weighted by atomic mass is 16.2. The number of carbonyl (C=O) groups is 4. The topological polar surface area (TPSA) is 95.6 Å². The number of nitrogens with zero attached hydrogens (tertiary/aromatic N) is 1. The summed E-state index contributed by atoms with van der Waals surface area (Å²) in [5.74, 6) is 0.906. The molecule has 4 bridgehead atoms. The molecule has 4 aliphatic carbocycles. The quantitative estimate of drug-likeness (QED) is 0.701. The molecule has 7 nitrogen and oxygen atoms in total. The highest BCUT2D eigenvalue weighted by Crippen LogP contribution is 2.55. The molecule has 1 heterocycles. The van der Waals surface area contributed by atoms with Crippen molar-refractivity contribution in [2.45, 2.75) is 50.5 Å². The van der Waals surface area contributed by atoms with Crippen molar-refractivity contribution in [3.8, 4) is 0 Å². The molecule has 0 spiro atoms. The molecule has 5 aliphatic rings. The number of carbonyl (C=O) groups excluding carboxylic acids is 4. The van der Waals surface area contributed by atoms with Crippen LogP contribution in [0.15, 0.2) is 24.3 Å². The number of hydrogen-bond donors (Lipinski definition) is 2. The first-order valence-electron chi connectivity index (χ1n) is 11.0. The first-order valence-corrected chi connectivity index (χ1v) is 11.0. The summed E-state index contributed by atoms with van der Waals surface area (Å²) in [6.07, 6.45) is 7.45. The van der Waals surface area contributed by atoms with Gasteiger partial charge in [-0.1, -0.05) is 12.1 Å².